The Morgan fingerprint density at radius 2 is 1.40 bits per heavy atom. The lowest BCUT2D eigenvalue weighted by molar-refractivity contribution is -0.00832. The average molecular weight is 667 g/mol. The third-order valence-electron chi connectivity index (χ3n) is 10.8. The summed E-state index contributed by atoms with van der Waals surface area (Å²) in [6.07, 6.45) is 9.87. The van der Waals surface area contributed by atoms with Crippen LogP contribution in [-0.4, -0.2) is 60.1 Å². The summed E-state index contributed by atoms with van der Waals surface area (Å²) in [7, 11) is 1.67. The fourth-order valence-corrected chi connectivity index (χ4v) is 8.40. The molecule has 2 aliphatic heterocycles. The third kappa shape index (κ3) is 5.78. The Balaban J connectivity index is 1.14. The second-order valence-electron chi connectivity index (χ2n) is 13.8. The zero-order valence-electron chi connectivity index (χ0n) is 28.6. The van der Waals surface area contributed by atoms with Gasteiger partial charge in [-0.2, -0.15) is 15.0 Å². The number of rotatable bonds is 10. The van der Waals surface area contributed by atoms with Crippen molar-refractivity contribution in [2.75, 3.05) is 50.0 Å². The SMILES string of the molecule is COCCOCOc1cc(-c2nc(N3CCCc4ccccc43)nc(N3CCCc4ccccc43)n2)cnc1-c1ccc2c(c1)C1CCC2C1. The number of aryl methyl sites for hydroxylation is 2. The predicted octanol–water partition coefficient (Wildman–Crippen LogP) is 8.13. The van der Waals surface area contributed by atoms with Crippen molar-refractivity contribution < 1.29 is 14.2 Å². The van der Waals surface area contributed by atoms with Gasteiger partial charge in [0.05, 0.1) is 13.2 Å². The number of para-hydroxylation sites is 2. The van der Waals surface area contributed by atoms with Crippen molar-refractivity contribution in [3.8, 4) is 28.4 Å². The molecule has 9 heteroatoms. The normalized spacial score (nSPS) is 18.9. The summed E-state index contributed by atoms with van der Waals surface area (Å²) in [5.74, 6) is 3.84. The van der Waals surface area contributed by atoms with E-state index in [1.807, 2.05) is 12.3 Å². The maximum Gasteiger partial charge on any atom is 0.235 e. The lowest BCUT2D eigenvalue weighted by Gasteiger charge is -2.32. The molecule has 2 atom stereocenters. The van der Waals surface area contributed by atoms with E-state index in [0.29, 0.717) is 48.5 Å². The second-order valence-corrected chi connectivity index (χ2v) is 13.8. The molecule has 0 radical (unpaired) electrons. The molecule has 1 fully saturated rings. The van der Waals surface area contributed by atoms with E-state index in [2.05, 4.69) is 76.5 Å². The van der Waals surface area contributed by atoms with E-state index in [9.17, 15) is 0 Å². The molecule has 5 aromatic rings. The Hall–Kier alpha value is -4.86. The Labute approximate surface area is 293 Å². The number of hydrogen-bond acceptors (Lipinski definition) is 9. The van der Waals surface area contributed by atoms with E-state index in [-0.39, 0.29) is 6.79 Å². The van der Waals surface area contributed by atoms with Gasteiger partial charge in [0.15, 0.2) is 12.6 Å². The van der Waals surface area contributed by atoms with Crippen LogP contribution in [0.5, 0.6) is 5.75 Å². The van der Waals surface area contributed by atoms with Crippen molar-refractivity contribution in [2.45, 2.75) is 56.8 Å². The Morgan fingerprint density at radius 3 is 2.10 bits per heavy atom. The van der Waals surface area contributed by atoms with Crippen molar-refractivity contribution in [1.82, 2.24) is 19.9 Å². The molecular formula is C41H42N6O3. The minimum Gasteiger partial charge on any atom is -0.465 e. The summed E-state index contributed by atoms with van der Waals surface area (Å²) in [5.41, 5.74) is 10.5. The van der Waals surface area contributed by atoms with Crippen LogP contribution >= 0.6 is 0 Å². The largest absolute Gasteiger partial charge is 0.465 e. The summed E-state index contributed by atoms with van der Waals surface area (Å²) < 4.78 is 17.3. The number of nitrogens with zero attached hydrogens (tertiary/aromatic N) is 6. The van der Waals surface area contributed by atoms with Gasteiger partial charge >= 0.3 is 0 Å². The molecule has 254 valence electrons. The van der Waals surface area contributed by atoms with E-state index in [0.717, 1.165) is 67.0 Å². The zero-order valence-corrected chi connectivity index (χ0v) is 28.6. The number of anilines is 4. The Bertz CT molecular complexity index is 1960. The van der Waals surface area contributed by atoms with Crippen molar-refractivity contribution in [3.63, 3.8) is 0 Å². The first-order chi connectivity index (χ1) is 24.7. The molecule has 0 N–H and O–H groups in total. The summed E-state index contributed by atoms with van der Waals surface area (Å²) in [5, 5.41) is 0. The molecule has 0 spiro atoms. The van der Waals surface area contributed by atoms with Gasteiger partial charge in [0.1, 0.15) is 11.4 Å². The molecule has 3 aromatic carbocycles. The fourth-order valence-electron chi connectivity index (χ4n) is 8.40. The highest BCUT2D eigenvalue weighted by atomic mass is 16.7. The predicted molar refractivity (Wildman–Crippen MR) is 195 cm³/mol. The Morgan fingerprint density at radius 1 is 0.720 bits per heavy atom. The van der Waals surface area contributed by atoms with E-state index >= 15 is 0 Å². The van der Waals surface area contributed by atoms with Crippen LogP contribution in [0.1, 0.15) is 66.2 Å². The van der Waals surface area contributed by atoms with E-state index in [1.165, 1.54) is 41.5 Å². The van der Waals surface area contributed by atoms with Crippen LogP contribution in [0.25, 0.3) is 22.6 Å². The molecule has 2 bridgehead atoms. The van der Waals surface area contributed by atoms with Crippen molar-refractivity contribution >= 4 is 23.3 Å². The number of aromatic nitrogens is 4. The number of ether oxygens (including phenoxy) is 3. The maximum absolute atomic E-state index is 6.34. The van der Waals surface area contributed by atoms with Crippen LogP contribution in [0.3, 0.4) is 0 Å². The topological polar surface area (TPSA) is 85.7 Å². The van der Waals surface area contributed by atoms with Crippen LogP contribution in [0.2, 0.25) is 0 Å². The van der Waals surface area contributed by atoms with E-state index < -0.39 is 0 Å². The highest BCUT2D eigenvalue weighted by molar-refractivity contribution is 5.74. The third-order valence-corrected chi connectivity index (χ3v) is 10.8. The second kappa shape index (κ2) is 13.5. The molecule has 50 heavy (non-hydrogen) atoms. The molecule has 0 amide bonds. The van der Waals surface area contributed by atoms with Crippen molar-refractivity contribution in [2.24, 2.45) is 0 Å². The first kappa shape index (κ1) is 31.1. The summed E-state index contributed by atoms with van der Waals surface area (Å²) >= 11 is 0. The molecule has 4 heterocycles. The maximum atomic E-state index is 6.34. The smallest absolute Gasteiger partial charge is 0.235 e. The standard InChI is InChI=1S/C41H42N6O3/c1-48-20-21-49-26-50-37-24-32(25-42-38(37)31-16-17-33-29-14-15-30(22-29)34(33)23-31)39-43-40(46-18-6-10-27-8-2-4-12-35(27)46)45-41(44-39)47-19-7-11-28-9-3-5-13-36(28)47/h2-5,8-9,12-13,16-17,23-25,29-30H,6-7,10-11,14-15,18-22,26H2,1H3. The lowest BCUT2D eigenvalue weighted by atomic mass is 9.90. The fraction of sp³-hybridized carbons (Fsp3) is 0.366. The first-order valence-corrected chi connectivity index (χ1v) is 18.0. The van der Waals surface area contributed by atoms with Gasteiger partial charge in [-0.3, -0.25) is 4.98 Å². The van der Waals surface area contributed by atoms with Gasteiger partial charge in [-0.25, -0.2) is 0 Å². The molecule has 9 rings (SSSR count). The lowest BCUT2D eigenvalue weighted by Crippen LogP contribution is -2.30. The molecule has 0 saturated heterocycles. The highest BCUT2D eigenvalue weighted by Crippen LogP contribution is 2.54. The van der Waals surface area contributed by atoms with Gasteiger partial charge in [0, 0.05) is 48.9 Å². The number of hydrogen-bond donors (Lipinski definition) is 0. The van der Waals surface area contributed by atoms with Gasteiger partial charge < -0.3 is 24.0 Å². The zero-order chi connectivity index (χ0) is 33.4. The van der Waals surface area contributed by atoms with E-state index in [1.54, 1.807) is 7.11 Å². The van der Waals surface area contributed by atoms with Crippen molar-refractivity contribution in [3.05, 3.63) is 101 Å². The number of methoxy groups -OCH3 is 1. The van der Waals surface area contributed by atoms with Crippen LogP contribution in [-0.2, 0) is 22.3 Å². The van der Waals surface area contributed by atoms with Gasteiger partial charge in [-0.15, -0.1) is 0 Å². The number of benzene rings is 3. The molecule has 4 aliphatic rings. The number of pyridine rings is 1. The summed E-state index contributed by atoms with van der Waals surface area (Å²) in [4.78, 5) is 25.0. The molecule has 1 saturated carbocycles. The van der Waals surface area contributed by atoms with Gasteiger partial charge in [-0.1, -0.05) is 48.5 Å². The molecule has 9 nitrogen and oxygen atoms in total. The summed E-state index contributed by atoms with van der Waals surface area (Å²) in [6, 6.07) is 26.0. The van der Waals surface area contributed by atoms with Crippen LogP contribution in [0, 0.1) is 0 Å². The van der Waals surface area contributed by atoms with Gasteiger partial charge in [0.2, 0.25) is 11.9 Å². The molecular weight excluding hydrogens is 624 g/mol. The van der Waals surface area contributed by atoms with Crippen molar-refractivity contribution in [1.29, 1.82) is 0 Å². The Kier molecular flexibility index (Phi) is 8.38. The van der Waals surface area contributed by atoms with Gasteiger partial charge in [0.25, 0.3) is 0 Å². The minimum atomic E-state index is 0.0833. The first-order valence-electron chi connectivity index (χ1n) is 18.0. The molecule has 2 aromatic heterocycles. The minimum absolute atomic E-state index is 0.0833. The molecule has 2 aliphatic carbocycles. The monoisotopic (exact) mass is 666 g/mol. The van der Waals surface area contributed by atoms with Crippen LogP contribution < -0.4 is 14.5 Å². The van der Waals surface area contributed by atoms with Crippen LogP contribution in [0.4, 0.5) is 23.3 Å². The highest BCUT2D eigenvalue weighted by Gasteiger charge is 2.37. The quantitative estimate of drug-likeness (QED) is 0.108. The van der Waals surface area contributed by atoms with Gasteiger partial charge in [-0.05, 0) is 103 Å². The van der Waals surface area contributed by atoms with E-state index in [4.69, 9.17) is 34.1 Å². The number of fused-ring (bicyclic) bond motifs is 7. The molecule has 2 unspecified atom stereocenters. The average Bonchev–Trinajstić information content (AvgIpc) is 3.80. The van der Waals surface area contributed by atoms with Crippen LogP contribution in [0.15, 0.2) is 79.0 Å². The summed E-state index contributed by atoms with van der Waals surface area (Å²) in [6.45, 7) is 2.69.